The molecule has 1 aliphatic heterocycles. The zero-order valence-corrected chi connectivity index (χ0v) is 16.9. The molecule has 0 amide bonds. The third-order valence-electron chi connectivity index (χ3n) is 4.16. The van der Waals surface area contributed by atoms with E-state index in [1.54, 1.807) is 0 Å². The van der Waals surface area contributed by atoms with Gasteiger partial charge in [0.25, 0.3) is 0 Å². The van der Waals surface area contributed by atoms with Crippen molar-refractivity contribution >= 4 is 11.9 Å². The minimum atomic E-state index is -1.26. The van der Waals surface area contributed by atoms with Crippen LogP contribution in [0.5, 0.6) is 5.75 Å². The van der Waals surface area contributed by atoms with Crippen molar-refractivity contribution in [3.63, 3.8) is 0 Å². The Bertz CT molecular complexity index is 623. The maximum Gasteiger partial charge on any atom is 0.328 e. The maximum atomic E-state index is 9.55. The van der Waals surface area contributed by atoms with Crippen LogP contribution in [0.3, 0.4) is 0 Å². The summed E-state index contributed by atoms with van der Waals surface area (Å²) in [6.07, 6.45) is 2.37. The topological polar surface area (TPSA) is 99.1 Å². The summed E-state index contributed by atoms with van der Waals surface area (Å²) in [7, 11) is 0. The number of hydrogen-bond donors (Lipinski definition) is 3. The second kappa shape index (κ2) is 12.9. The molecule has 7 nitrogen and oxygen atoms in total. The first-order chi connectivity index (χ1) is 13.3. The second-order valence-corrected chi connectivity index (χ2v) is 7.02. The number of para-hydroxylation sites is 1. The van der Waals surface area contributed by atoms with Crippen molar-refractivity contribution in [3.05, 3.63) is 42.0 Å². The predicted octanol–water partition coefficient (Wildman–Crippen LogP) is 2.62. The van der Waals surface area contributed by atoms with Crippen LogP contribution in [-0.4, -0.2) is 59.3 Å². The van der Waals surface area contributed by atoms with E-state index in [2.05, 4.69) is 48.3 Å². The van der Waals surface area contributed by atoms with Gasteiger partial charge < -0.3 is 20.3 Å². The standard InChI is InChI=1S/C17H28N2O.C4H4O4/c1-4-20-17-8-6-5-7-15(17)13-19(12-14(2)3)16-9-10-18-11-16;5-3(6)1-2-4(7)8/h5-8,14,16,18H,4,9-13H2,1-3H3;1-2H,(H,5,6)(H,7,8)/t16-;/m0./s1. The highest BCUT2D eigenvalue weighted by atomic mass is 16.5. The van der Waals surface area contributed by atoms with E-state index in [4.69, 9.17) is 14.9 Å². The first-order valence-corrected chi connectivity index (χ1v) is 9.62. The molecular formula is C21H32N2O5. The molecule has 0 aliphatic carbocycles. The molecule has 156 valence electrons. The van der Waals surface area contributed by atoms with Crippen molar-refractivity contribution in [3.8, 4) is 5.75 Å². The molecule has 1 aliphatic rings. The number of carboxylic acid groups (broad SMARTS) is 2. The Morgan fingerprint density at radius 1 is 1.25 bits per heavy atom. The number of benzene rings is 1. The van der Waals surface area contributed by atoms with Crippen LogP contribution in [0.25, 0.3) is 0 Å². The Morgan fingerprint density at radius 2 is 1.89 bits per heavy atom. The Kier molecular flexibility index (Phi) is 10.9. The maximum absolute atomic E-state index is 9.55. The van der Waals surface area contributed by atoms with Gasteiger partial charge in [0.05, 0.1) is 6.61 Å². The molecule has 1 heterocycles. The third-order valence-corrected chi connectivity index (χ3v) is 4.16. The lowest BCUT2D eigenvalue weighted by molar-refractivity contribution is -0.134. The van der Waals surface area contributed by atoms with Gasteiger partial charge in [0.1, 0.15) is 5.75 Å². The first kappa shape index (κ1) is 23.7. The number of rotatable bonds is 9. The van der Waals surface area contributed by atoms with E-state index in [0.29, 0.717) is 24.1 Å². The van der Waals surface area contributed by atoms with Gasteiger partial charge in [0.15, 0.2) is 0 Å². The van der Waals surface area contributed by atoms with Gasteiger partial charge in [-0.3, -0.25) is 4.90 Å². The fourth-order valence-corrected chi connectivity index (χ4v) is 3.05. The van der Waals surface area contributed by atoms with Crippen molar-refractivity contribution < 1.29 is 24.5 Å². The van der Waals surface area contributed by atoms with Crippen molar-refractivity contribution in [2.45, 2.75) is 39.8 Å². The number of carbonyl (C=O) groups is 2. The predicted molar refractivity (Wildman–Crippen MR) is 109 cm³/mol. The van der Waals surface area contributed by atoms with Crippen LogP contribution in [0, 0.1) is 5.92 Å². The largest absolute Gasteiger partial charge is 0.494 e. The van der Waals surface area contributed by atoms with Crippen molar-refractivity contribution in [2.24, 2.45) is 5.92 Å². The van der Waals surface area contributed by atoms with E-state index in [0.717, 1.165) is 38.5 Å². The summed E-state index contributed by atoms with van der Waals surface area (Å²) in [6.45, 7) is 11.8. The van der Waals surface area contributed by atoms with Gasteiger partial charge in [-0.1, -0.05) is 32.0 Å². The van der Waals surface area contributed by atoms with Gasteiger partial charge in [0, 0.05) is 43.4 Å². The average Bonchev–Trinajstić information content (AvgIpc) is 3.16. The van der Waals surface area contributed by atoms with Gasteiger partial charge in [-0.2, -0.15) is 0 Å². The number of carboxylic acids is 2. The summed E-state index contributed by atoms with van der Waals surface area (Å²) in [5, 5.41) is 19.1. The molecule has 1 aromatic rings. The first-order valence-electron chi connectivity index (χ1n) is 9.62. The number of nitrogens with zero attached hydrogens (tertiary/aromatic N) is 1. The van der Waals surface area contributed by atoms with Gasteiger partial charge in [0.2, 0.25) is 0 Å². The van der Waals surface area contributed by atoms with Crippen LogP contribution >= 0.6 is 0 Å². The quantitative estimate of drug-likeness (QED) is 0.556. The van der Waals surface area contributed by atoms with Gasteiger partial charge >= 0.3 is 11.9 Å². The fraction of sp³-hybridized carbons (Fsp3) is 0.524. The molecule has 0 aromatic heterocycles. The normalized spacial score (nSPS) is 16.2. The highest BCUT2D eigenvalue weighted by Gasteiger charge is 2.23. The molecule has 1 fully saturated rings. The van der Waals surface area contributed by atoms with Crippen LogP contribution in [0.2, 0.25) is 0 Å². The summed E-state index contributed by atoms with van der Waals surface area (Å²) in [5.41, 5.74) is 1.31. The Balaban J connectivity index is 0.000000416. The number of ether oxygens (including phenoxy) is 1. The fourth-order valence-electron chi connectivity index (χ4n) is 3.05. The molecular weight excluding hydrogens is 360 g/mol. The Morgan fingerprint density at radius 3 is 2.39 bits per heavy atom. The van der Waals surface area contributed by atoms with Crippen LogP contribution in [0.1, 0.15) is 32.8 Å². The lowest BCUT2D eigenvalue weighted by Gasteiger charge is -2.30. The number of hydrogen-bond acceptors (Lipinski definition) is 5. The van der Waals surface area contributed by atoms with E-state index in [1.807, 2.05) is 6.92 Å². The SMILES string of the molecule is CCOc1ccccc1CN(CC(C)C)[C@H]1CCNC1.O=C(O)C=CC(=O)O. The molecule has 7 heteroatoms. The molecule has 1 atom stereocenters. The number of nitrogens with one attached hydrogen (secondary N) is 1. The molecule has 28 heavy (non-hydrogen) atoms. The van der Waals surface area contributed by atoms with Gasteiger partial charge in [-0.05, 0) is 31.9 Å². The summed E-state index contributed by atoms with van der Waals surface area (Å²) in [5.74, 6) is -0.788. The van der Waals surface area contributed by atoms with Crippen LogP contribution in [0.15, 0.2) is 36.4 Å². The van der Waals surface area contributed by atoms with Crippen LogP contribution in [-0.2, 0) is 16.1 Å². The van der Waals surface area contributed by atoms with Gasteiger partial charge in [-0.15, -0.1) is 0 Å². The zero-order valence-electron chi connectivity index (χ0n) is 16.9. The van der Waals surface area contributed by atoms with Gasteiger partial charge in [-0.25, -0.2) is 9.59 Å². The lowest BCUT2D eigenvalue weighted by atomic mass is 10.1. The summed E-state index contributed by atoms with van der Waals surface area (Å²) in [6, 6.07) is 9.10. The number of aliphatic carboxylic acids is 2. The summed E-state index contributed by atoms with van der Waals surface area (Å²) < 4.78 is 5.76. The van der Waals surface area contributed by atoms with E-state index in [-0.39, 0.29) is 0 Å². The van der Waals surface area contributed by atoms with E-state index in [1.165, 1.54) is 12.0 Å². The molecule has 3 N–H and O–H groups in total. The molecule has 1 saturated heterocycles. The molecule has 0 unspecified atom stereocenters. The minimum absolute atomic E-state index is 0.558. The average molecular weight is 392 g/mol. The lowest BCUT2D eigenvalue weighted by Crippen LogP contribution is -2.38. The monoisotopic (exact) mass is 392 g/mol. The Labute approximate surface area is 167 Å². The van der Waals surface area contributed by atoms with E-state index in [9.17, 15) is 9.59 Å². The molecule has 0 radical (unpaired) electrons. The van der Waals surface area contributed by atoms with Crippen LogP contribution in [0.4, 0.5) is 0 Å². The van der Waals surface area contributed by atoms with Crippen molar-refractivity contribution in [2.75, 3.05) is 26.2 Å². The molecule has 0 bridgehead atoms. The summed E-state index contributed by atoms with van der Waals surface area (Å²) in [4.78, 5) is 21.7. The van der Waals surface area contributed by atoms with Crippen LogP contribution < -0.4 is 10.1 Å². The smallest absolute Gasteiger partial charge is 0.328 e. The Hall–Kier alpha value is -2.38. The van der Waals surface area contributed by atoms with E-state index < -0.39 is 11.9 Å². The second-order valence-electron chi connectivity index (χ2n) is 7.02. The minimum Gasteiger partial charge on any atom is -0.494 e. The van der Waals surface area contributed by atoms with Crippen molar-refractivity contribution in [1.82, 2.24) is 10.2 Å². The van der Waals surface area contributed by atoms with E-state index >= 15 is 0 Å². The third kappa shape index (κ3) is 9.53. The van der Waals surface area contributed by atoms with Crippen molar-refractivity contribution in [1.29, 1.82) is 0 Å². The summed E-state index contributed by atoms with van der Waals surface area (Å²) >= 11 is 0. The zero-order chi connectivity index (χ0) is 20.9. The molecule has 0 spiro atoms. The molecule has 0 saturated carbocycles. The highest BCUT2D eigenvalue weighted by Crippen LogP contribution is 2.22. The molecule has 1 aromatic carbocycles. The molecule has 2 rings (SSSR count). The highest BCUT2D eigenvalue weighted by molar-refractivity contribution is 5.89.